The van der Waals surface area contributed by atoms with E-state index in [2.05, 4.69) is 48.5 Å². The molecule has 0 rings (SSSR count). The first-order chi connectivity index (χ1) is 51.3. The second-order valence-corrected chi connectivity index (χ2v) is 35.4. The maximum Gasteiger partial charge on any atom is 0.472 e. The molecule has 0 aliphatic carbocycles. The average Bonchev–Trinajstić information content (AvgIpc) is 0.900. The lowest BCUT2D eigenvalue weighted by molar-refractivity contribution is -0.161. The number of phosphoric ester groups is 2. The minimum absolute atomic E-state index is 0.107. The van der Waals surface area contributed by atoms with Gasteiger partial charge in [0.1, 0.15) is 19.3 Å². The van der Waals surface area contributed by atoms with Crippen molar-refractivity contribution in [2.24, 2.45) is 17.8 Å². The second-order valence-electron chi connectivity index (χ2n) is 32.5. The highest BCUT2D eigenvalue weighted by Gasteiger charge is 2.31. The van der Waals surface area contributed by atoms with Crippen LogP contribution in [0.3, 0.4) is 0 Å². The zero-order valence-corrected chi connectivity index (χ0v) is 71.7. The molecule has 0 aromatic rings. The molecule has 630 valence electrons. The Kier molecular flexibility index (Phi) is 75.6. The quantitative estimate of drug-likeness (QED) is 0.0222. The number of aliphatic hydroxyl groups is 1. The van der Waals surface area contributed by atoms with Crippen LogP contribution in [-0.4, -0.2) is 96.7 Å². The van der Waals surface area contributed by atoms with E-state index < -0.39 is 97.5 Å². The topological polar surface area (TPSA) is 237 Å². The zero-order valence-electron chi connectivity index (χ0n) is 69.9. The molecule has 0 spiro atoms. The average molecular weight is 1550 g/mol. The molecule has 17 nitrogen and oxygen atoms in total. The highest BCUT2D eigenvalue weighted by molar-refractivity contribution is 7.47. The van der Waals surface area contributed by atoms with E-state index in [1.165, 1.54) is 263 Å². The van der Waals surface area contributed by atoms with Crippen molar-refractivity contribution in [2.45, 2.75) is 478 Å². The van der Waals surface area contributed by atoms with Gasteiger partial charge < -0.3 is 33.8 Å². The van der Waals surface area contributed by atoms with Gasteiger partial charge in [0.25, 0.3) is 0 Å². The largest absolute Gasteiger partial charge is 0.472 e. The SMILES string of the molecule is CCCCCCCCCCCCCCCCCCCCCC(=O)OC[C@H](COP(=O)(O)OC[C@@H](O)COP(=O)(O)OC[C@@H](COC(=O)CCCCCCCCCC(C)C)OC(=O)CCCCCCCCCCCCCCCCC(C)CC)OC(=O)CCCCCCCCCCCCCCCCCCC(C)C. The number of hydrogen-bond acceptors (Lipinski definition) is 15. The summed E-state index contributed by atoms with van der Waals surface area (Å²) in [6.07, 6.45) is 68.1. The van der Waals surface area contributed by atoms with Gasteiger partial charge in [0.15, 0.2) is 12.2 Å². The maximum atomic E-state index is 13.2. The van der Waals surface area contributed by atoms with Crippen LogP contribution in [0.2, 0.25) is 0 Å². The highest BCUT2D eigenvalue weighted by atomic mass is 31.2. The van der Waals surface area contributed by atoms with Crippen molar-refractivity contribution in [3.63, 3.8) is 0 Å². The van der Waals surface area contributed by atoms with Crippen molar-refractivity contribution < 1.29 is 80.2 Å². The molecule has 0 amide bonds. The molecule has 106 heavy (non-hydrogen) atoms. The molecule has 3 N–H and O–H groups in total. The van der Waals surface area contributed by atoms with Crippen LogP contribution in [0.25, 0.3) is 0 Å². The number of aliphatic hydroxyl groups excluding tert-OH is 1. The summed E-state index contributed by atoms with van der Waals surface area (Å²) < 4.78 is 68.9. The lowest BCUT2D eigenvalue weighted by Gasteiger charge is -2.21. The first-order valence-corrected chi connectivity index (χ1v) is 47.9. The lowest BCUT2D eigenvalue weighted by atomic mass is 9.99. The van der Waals surface area contributed by atoms with Crippen LogP contribution < -0.4 is 0 Å². The molecule has 6 atom stereocenters. The standard InChI is InChI=1S/C87H170O17P2/c1-8-10-11-12-13-14-15-16-17-18-19-20-24-30-35-40-47-54-61-68-84(89)97-74-82(103-86(91)70-63-56-48-41-36-31-25-22-21-23-28-33-38-44-51-58-65-78(3)4)76-101-105(93,94)99-72-81(88)73-100-106(95,96)102-77-83(75-98-85(90)69-62-55-50-43-45-52-59-66-79(5)6)104-87(92)71-64-57-49-42-37-32-27-26-29-34-39-46-53-60-67-80(7)9-2/h78-83,88H,8-77H2,1-7H3,(H,93,94)(H,95,96)/t80?,81-,82-,83-/m1/s1. The molecule has 0 saturated heterocycles. The van der Waals surface area contributed by atoms with Gasteiger partial charge in [-0.1, -0.05) is 408 Å². The van der Waals surface area contributed by atoms with Crippen LogP contribution >= 0.6 is 15.6 Å². The summed E-state index contributed by atoms with van der Waals surface area (Å²) in [5, 5.41) is 10.7. The molecule has 0 aliphatic heterocycles. The minimum atomic E-state index is -4.97. The number of rotatable bonds is 85. The maximum absolute atomic E-state index is 13.2. The minimum Gasteiger partial charge on any atom is -0.462 e. The third-order valence-electron chi connectivity index (χ3n) is 20.7. The van der Waals surface area contributed by atoms with Crippen molar-refractivity contribution >= 4 is 39.5 Å². The number of unbranched alkanes of at least 4 members (excludes halogenated alkanes) is 52. The Morgan fingerprint density at radius 1 is 0.274 bits per heavy atom. The fourth-order valence-electron chi connectivity index (χ4n) is 13.5. The van der Waals surface area contributed by atoms with E-state index in [-0.39, 0.29) is 25.7 Å². The molecule has 0 fully saturated rings. The predicted octanol–water partition coefficient (Wildman–Crippen LogP) is 26.5. The molecular formula is C87H170O17P2. The van der Waals surface area contributed by atoms with Crippen LogP contribution in [0.5, 0.6) is 0 Å². The highest BCUT2D eigenvalue weighted by Crippen LogP contribution is 2.45. The van der Waals surface area contributed by atoms with Gasteiger partial charge in [0, 0.05) is 25.7 Å². The number of carbonyl (C=O) groups excluding carboxylic acids is 4. The number of phosphoric acid groups is 2. The molecule has 0 bridgehead atoms. The summed E-state index contributed by atoms with van der Waals surface area (Å²) in [5.74, 6) is 0.256. The van der Waals surface area contributed by atoms with Crippen molar-refractivity contribution in [1.82, 2.24) is 0 Å². The van der Waals surface area contributed by atoms with Gasteiger partial charge in [-0.3, -0.25) is 37.3 Å². The third kappa shape index (κ3) is 78.7. The summed E-state index contributed by atoms with van der Waals surface area (Å²) in [5.41, 5.74) is 0. The molecule has 0 aromatic heterocycles. The zero-order chi connectivity index (χ0) is 77.9. The third-order valence-corrected chi connectivity index (χ3v) is 22.6. The Morgan fingerprint density at radius 2 is 0.481 bits per heavy atom. The fourth-order valence-corrected chi connectivity index (χ4v) is 15.1. The molecule has 0 aliphatic rings. The Balaban J connectivity index is 5.23. The summed E-state index contributed by atoms with van der Waals surface area (Å²) in [4.78, 5) is 73.3. The number of hydrogen-bond donors (Lipinski definition) is 3. The predicted molar refractivity (Wildman–Crippen MR) is 437 cm³/mol. The Labute approximate surface area is 651 Å². The molecular weight excluding hydrogens is 1380 g/mol. The van der Waals surface area contributed by atoms with Crippen LogP contribution in [0.15, 0.2) is 0 Å². The molecule has 0 radical (unpaired) electrons. The summed E-state index contributed by atoms with van der Waals surface area (Å²) in [6, 6.07) is 0. The molecule has 19 heteroatoms. The number of ether oxygens (including phenoxy) is 4. The molecule has 0 saturated carbocycles. The number of carbonyl (C=O) groups is 4. The van der Waals surface area contributed by atoms with E-state index in [1.54, 1.807) is 0 Å². The summed E-state index contributed by atoms with van der Waals surface area (Å²) in [7, 11) is -9.93. The fraction of sp³-hybridized carbons (Fsp3) is 0.954. The van der Waals surface area contributed by atoms with E-state index in [9.17, 15) is 43.2 Å². The van der Waals surface area contributed by atoms with Gasteiger partial charge in [-0.2, -0.15) is 0 Å². The Hall–Kier alpha value is -1.94. The van der Waals surface area contributed by atoms with Gasteiger partial charge in [-0.05, 0) is 43.4 Å². The van der Waals surface area contributed by atoms with Gasteiger partial charge in [0.2, 0.25) is 0 Å². The Bertz CT molecular complexity index is 2050. The normalized spacial score (nSPS) is 14.1. The number of esters is 4. The second kappa shape index (κ2) is 77.0. The van der Waals surface area contributed by atoms with Crippen LogP contribution in [0.1, 0.15) is 459 Å². The van der Waals surface area contributed by atoms with Gasteiger partial charge in [-0.25, -0.2) is 9.13 Å². The smallest absolute Gasteiger partial charge is 0.462 e. The van der Waals surface area contributed by atoms with E-state index in [4.69, 9.17) is 37.0 Å². The Morgan fingerprint density at radius 3 is 0.717 bits per heavy atom. The molecule has 0 aromatic carbocycles. The van der Waals surface area contributed by atoms with E-state index in [0.717, 1.165) is 108 Å². The lowest BCUT2D eigenvalue weighted by Crippen LogP contribution is -2.30. The molecule has 0 heterocycles. The van der Waals surface area contributed by atoms with Gasteiger partial charge >= 0.3 is 39.5 Å². The molecule has 3 unspecified atom stereocenters. The van der Waals surface area contributed by atoms with Crippen molar-refractivity contribution in [1.29, 1.82) is 0 Å². The van der Waals surface area contributed by atoms with E-state index >= 15 is 0 Å². The van der Waals surface area contributed by atoms with E-state index in [1.807, 2.05) is 0 Å². The summed E-state index contributed by atoms with van der Waals surface area (Å²) >= 11 is 0. The van der Waals surface area contributed by atoms with E-state index in [0.29, 0.717) is 31.6 Å². The van der Waals surface area contributed by atoms with Crippen molar-refractivity contribution in [3.8, 4) is 0 Å². The van der Waals surface area contributed by atoms with Crippen LogP contribution in [0, 0.1) is 17.8 Å². The first kappa shape index (κ1) is 104. The first-order valence-electron chi connectivity index (χ1n) is 44.9. The monoisotopic (exact) mass is 1550 g/mol. The van der Waals surface area contributed by atoms with Gasteiger partial charge in [0.05, 0.1) is 26.4 Å². The summed E-state index contributed by atoms with van der Waals surface area (Å²) in [6.45, 7) is 12.0. The van der Waals surface area contributed by atoms with Crippen LogP contribution in [0.4, 0.5) is 0 Å². The van der Waals surface area contributed by atoms with Gasteiger partial charge in [-0.15, -0.1) is 0 Å². The van der Waals surface area contributed by atoms with Crippen molar-refractivity contribution in [3.05, 3.63) is 0 Å². The van der Waals surface area contributed by atoms with Crippen LogP contribution in [-0.2, 0) is 65.4 Å². The van der Waals surface area contributed by atoms with Crippen molar-refractivity contribution in [2.75, 3.05) is 39.6 Å².